The van der Waals surface area contributed by atoms with Gasteiger partial charge >= 0.3 is 0 Å². The minimum Gasteiger partial charge on any atom is -0.335 e. The van der Waals surface area contributed by atoms with Crippen LogP contribution in [0.5, 0.6) is 0 Å². The van der Waals surface area contributed by atoms with Gasteiger partial charge in [0.1, 0.15) is 0 Å². The minimum atomic E-state index is -3.02. The number of hydrogen-bond acceptors (Lipinski definition) is 5. The summed E-state index contributed by atoms with van der Waals surface area (Å²) < 4.78 is 23.7. The van der Waals surface area contributed by atoms with E-state index in [1.54, 1.807) is 4.90 Å². The van der Waals surface area contributed by atoms with Crippen LogP contribution in [0.1, 0.15) is 26.7 Å². The van der Waals surface area contributed by atoms with E-state index >= 15 is 0 Å². The molecule has 1 aromatic carbocycles. The van der Waals surface area contributed by atoms with Crippen LogP contribution in [0.3, 0.4) is 0 Å². The van der Waals surface area contributed by atoms with Crippen LogP contribution in [0.25, 0.3) is 10.9 Å². The molecule has 2 aromatic rings. The van der Waals surface area contributed by atoms with Crippen LogP contribution in [-0.4, -0.2) is 53.6 Å². The molecule has 1 fully saturated rings. The summed E-state index contributed by atoms with van der Waals surface area (Å²) in [4.78, 5) is 19.2. The van der Waals surface area contributed by atoms with Crippen molar-refractivity contribution >= 4 is 38.4 Å². The van der Waals surface area contributed by atoms with Gasteiger partial charge in [-0.25, -0.2) is 13.4 Å². The van der Waals surface area contributed by atoms with E-state index in [1.807, 2.05) is 50.2 Å². The smallest absolute Gasteiger partial charge is 0.233 e. The number of amides is 1. The Bertz CT molecular complexity index is 899. The van der Waals surface area contributed by atoms with Crippen molar-refractivity contribution in [1.29, 1.82) is 0 Å². The second kappa shape index (κ2) is 7.96. The summed E-state index contributed by atoms with van der Waals surface area (Å²) in [7, 11) is -3.02. The SMILES string of the molecule is CC[C@H](C)N(C(=O)CSc1ccc2ccccc2n1)[C@H]1CCS(=O)(=O)C1. The zero-order valence-electron chi connectivity index (χ0n) is 15.1. The van der Waals surface area contributed by atoms with Gasteiger partial charge in [-0.2, -0.15) is 0 Å². The molecule has 26 heavy (non-hydrogen) atoms. The van der Waals surface area contributed by atoms with Crippen molar-refractivity contribution in [3.8, 4) is 0 Å². The first-order valence-corrected chi connectivity index (χ1v) is 11.7. The van der Waals surface area contributed by atoms with Gasteiger partial charge in [-0.1, -0.05) is 43.0 Å². The average molecular weight is 393 g/mol. The number of aromatic nitrogens is 1. The van der Waals surface area contributed by atoms with Gasteiger partial charge in [0.05, 0.1) is 27.8 Å². The van der Waals surface area contributed by atoms with E-state index in [2.05, 4.69) is 4.98 Å². The third kappa shape index (κ3) is 4.38. The molecule has 7 heteroatoms. The van der Waals surface area contributed by atoms with Gasteiger partial charge in [0.2, 0.25) is 5.91 Å². The third-order valence-corrected chi connectivity index (χ3v) is 7.54. The minimum absolute atomic E-state index is 0.0126. The number of rotatable bonds is 6. The number of fused-ring (bicyclic) bond motifs is 1. The van der Waals surface area contributed by atoms with E-state index in [4.69, 9.17) is 0 Å². The van der Waals surface area contributed by atoms with Crippen molar-refractivity contribution in [2.75, 3.05) is 17.3 Å². The molecule has 0 saturated carbocycles. The van der Waals surface area contributed by atoms with Gasteiger partial charge in [-0.05, 0) is 31.9 Å². The average Bonchev–Trinajstić information content (AvgIpc) is 2.99. The number of carbonyl (C=O) groups excluding carboxylic acids is 1. The molecule has 0 radical (unpaired) electrons. The lowest BCUT2D eigenvalue weighted by Crippen LogP contribution is -2.47. The van der Waals surface area contributed by atoms with Gasteiger partial charge in [-0.15, -0.1) is 0 Å². The number of benzene rings is 1. The molecule has 1 aliphatic heterocycles. The normalized spacial score (nSPS) is 20.2. The fourth-order valence-electron chi connectivity index (χ4n) is 3.34. The molecule has 140 valence electrons. The summed E-state index contributed by atoms with van der Waals surface area (Å²) in [5.74, 6) is 0.521. The highest BCUT2D eigenvalue weighted by atomic mass is 32.2. The highest BCUT2D eigenvalue weighted by Crippen LogP contribution is 2.25. The largest absolute Gasteiger partial charge is 0.335 e. The fraction of sp³-hybridized carbons (Fsp3) is 0.474. The molecular formula is C19H24N2O3S2. The van der Waals surface area contributed by atoms with Gasteiger partial charge in [-0.3, -0.25) is 4.79 Å². The summed E-state index contributed by atoms with van der Waals surface area (Å²) in [5.41, 5.74) is 0.908. The highest BCUT2D eigenvalue weighted by molar-refractivity contribution is 7.99. The molecule has 5 nitrogen and oxygen atoms in total. The quantitative estimate of drug-likeness (QED) is 0.707. The Labute approximate surface area is 159 Å². The molecule has 0 spiro atoms. The Morgan fingerprint density at radius 2 is 2.08 bits per heavy atom. The molecule has 0 unspecified atom stereocenters. The first-order valence-electron chi connectivity index (χ1n) is 8.90. The predicted molar refractivity (Wildman–Crippen MR) is 106 cm³/mol. The number of thioether (sulfide) groups is 1. The van der Waals surface area contributed by atoms with Crippen molar-refractivity contribution in [1.82, 2.24) is 9.88 Å². The third-order valence-electron chi connectivity index (χ3n) is 4.87. The maximum Gasteiger partial charge on any atom is 0.233 e. The lowest BCUT2D eigenvalue weighted by molar-refractivity contribution is -0.132. The molecule has 1 aliphatic rings. The Hall–Kier alpha value is -1.60. The fourth-order valence-corrected chi connectivity index (χ4v) is 5.80. The topological polar surface area (TPSA) is 67.3 Å². The monoisotopic (exact) mass is 392 g/mol. The van der Waals surface area contributed by atoms with Crippen LogP contribution >= 0.6 is 11.8 Å². The molecule has 1 aromatic heterocycles. The summed E-state index contributed by atoms with van der Waals surface area (Å²) in [6.07, 6.45) is 1.35. The van der Waals surface area contributed by atoms with E-state index in [0.717, 1.165) is 22.3 Å². The van der Waals surface area contributed by atoms with E-state index < -0.39 is 9.84 Å². The van der Waals surface area contributed by atoms with Crippen LogP contribution < -0.4 is 0 Å². The lowest BCUT2D eigenvalue weighted by atomic mass is 10.1. The lowest BCUT2D eigenvalue weighted by Gasteiger charge is -2.33. The second-order valence-electron chi connectivity index (χ2n) is 6.75. The molecule has 2 heterocycles. The summed E-state index contributed by atoms with van der Waals surface area (Å²) in [6.45, 7) is 4.01. The molecule has 0 N–H and O–H groups in total. The first-order chi connectivity index (χ1) is 12.4. The molecule has 2 atom stereocenters. The molecule has 3 rings (SSSR count). The number of hydrogen-bond donors (Lipinski definition) is 0. The number of carbonyl (C=O) groups is 1. The van der Waals surface area contributed by atoms with E-state index in [-0.39, 0.29) is 35.2 Å². The van der Waals surface area contributed by atoms with Crippen molar-refractivity contribution in [2.45, 2.75) is 43.8 Å². The van der Waals surface area contributed by atoms with Gasteiger partial charge < -0.3 is 4.90 Å². The second-order valence-corrected chi connectivity index (χ2v) is 9.97. The maximum atomic E-state index is 12.9. The maximum absolute atomic E-state index is 12.9. The Morgan fingerprint density at radius 1 is 1.31 bits per heavy atom. The summed E-state index contributed by atoms with van der Waals surface area (Å²) >= 11 is 1.41. The van der Waals surface area contributed by atoms with E-state index in [0.29, 0.717) is 6.42 Å². The van der Waals surface area contributed by atoms with E-state index in [1.165, 1.54) is 11.8 Å². The molecule has 0 bridgehead atoms. The van der Waals surface area contributed by atoms with Gasteiger partial charge in [0, 0.05) is 17.5 Å². The summed E-state index contributed by atoms with van der Waals surface area (Å²) in [5, 5.41) is 1.88. The number of para-hydroxylation sites is 1. The molecular weight excluding hydrogens is 368 g/mol. The first kappa shape index (κ1) is 19.2. The predicted octanol–water partition coefficient (Wildman–Crippen LogP) is 3.14. The highest BCUT2D eigenvalue weighted by Gasteiger charge is 2.36. The van der Waals surface area contributed by atoms with Crippen molar-refractivity contribution in [2.24, 2.45) is 0 Å². The Kier molecular flexibility index (Phi) is 5.87. The molecule has 1 saturated heterocycles. The van der Waals surface area contributed by atoms with Crippen molar-refractivity contribution in [3.05, 3.63) is 36.4 Å². The number of pyridine rings is 1. The van der Waals surface area contributed by atoms with Crippen molar-refractivity contribution < 1.29 is 13.2 Å². The zero-order valence-corrected chi connectivity index (χ0v) is 16.7. The Balaban J connectivity index is 1.70. The number of nitrogens with zero attached hydrogens (tertiary/aromatic N) is 2. The van der Waals surface area contributed by atoms with Gasteiger partial charge in [0.15, 0.2) is 9.84 Å². The zero-order chi connectivity index (χ0) is 18.7. The molecule has 1 amide bonds. The van der Waals surface area contributed by atoms with Crippen LogP contribution in [-0.2, 0) is 14.6 Å². The molecule has 0 aliphatic carbocycles. The standard InChI is InChI=1S/C19H24N2O3S2/c1-3-14(2)21(16-10-11-26(23,24)13-16)19(22)12-25-18-9-8-15-6-4-5-7-17(15)20-18/h4-9,14,16H,3,10-13H2,1-2H3/t14-,16-/m0/s1. The number of sulfone groups is 1. The van der Waals surface area contributed by atoms with Gasteiger partial charge in [0.25, 0.3) is 0 Å². The van der Waals surface area contributed by atoms with Crippen LogP contribution in [0.2, 0.25) is 0 Å². The van der Waals surface area contributed by atoms with Crippen molar-refractivity contribution in [3.63, 3.8) is 0 Å². The van der Waals surface area contributed by atoms with E-state index in [9.17, 15) is 13.2 Å². The Morgan fingerprint density at radius 3 is 2.77 bits per heavy atom. The van der Waals surface area contributed by atoms with Crippen LogP contribution in [0, 0.1) is 0 Å². The summed E-state index contributed by atoms with van der Waals surface area (Å²) in [6, 6.07) is 11.6. The van der Waals surface area contributed by atoms with Crippen LogP contribution in [0.15, 0.2) is 41.4 Å². The van der Waals surface area contributed by atoms with Crippen LogP contribution in [0.4, 0.5) is 0 Å².